The molecule has 0 radical (unpaired) electrons. The van der Waals surface area contributed by atoms with E-state index in [2.05, 4.69) is 64.9 Å². The predicted molar refractivity (Wildman–Crippen MR) is 169 cm³/mol. The molecular weight excluding hydrogens is 518 g/mol. The van der Waals surface area contributed by atoms with E-state index in [-0.39, 0.29) is 11.9 Å². The first-order valence-corrected chi connectivity index (χ1v) is 14.7. The second-order valence-electron chi connectivity index (χ2n) is 11.1. The first-order chi connectivity index (χ1) is 20.6. The van der Waals surface area contributed by atoms with Crippen LogP contribution in [0, 0.1) is 6.92 Å². The van der Waals surface area contributed by atoms with E-state index < -0.39 is 6.10 Å². The fraction of sp³-hybridized carbons (Fsp3) is 0.216. The van der Waals surface area contributed by atoms with Gasteiger partial charge in [0.05, 0.1) is 23.4 Å². The van der Waals surface area contributed by atoms with Crippen molar-refractivity contribution < 1.29 is 9.90 Å². The van der Waals surface area contributed by atoms with Crippen LogP contribution in [0.25, 0.3) is 16.9 Å². The number of hydrogen-bond donors (Lipinski definition) is 1. The van der Waals surface area contributed by atoms with Crippen molar-refractivity contribution in [2.45, 2.75) is 32.0 Å². The van der Waals surface area contributed by atoms with Gasteiger partial charge in [-0.1, -0.05) is 109 Å². The summed E-state index contributed by atoms with van der Waals surface area (Å²) in [5.41, 5.74) is 6.84. The number of aromatic nitrogens is 1. The highest BCUT2D eigenvalue weighted by Gasteiger charge is 2.37. The summed E-state index contributed by atoms with van der Waals surface area (Å²) in [7, 11) is 0. The number of aliphatic hydroxyl groups is 1. The minimum absolute atomic E-state index is 0.0388. The van der Waals surface area contributed by atoms with E-state index in [1.807, 2.05) is 83.8 Å². The highest BCUT2D eigenvalue weighted by molar-refractivity contribution is 6.01. The molecule has 5 nitrogen and oxygen atoms in total. The lowest BCUT2D eigenvalue weighted by Crippen LogP contribution is -2.59. The molecule has 0 aliphatic carbocycles. The summed E-state index contributed by atoms with van der Waals surface area (Å²) in [5.74, 6) is -0.0388. The molecule has 1 aromatic heterocycles. The second-order valence-corrected chi connectivity index (χ2v) is 11.1. The van der Waals surface area contributed by atoms with Crippen molar-refractivity contribution >= 4 is 5.91 Å². The molecule has 2 atom stereocenters. The summed E-state index contributed by atoms with van der Waals surface area (Å²) in [6.07, 6.45) is -0.211. The van der Waals surface area contributed by atoms with Gasteiger partial charge in [-0.3, -0.25) is 9.69 Å². The van der Waals surface area contributed by atoms with Gasteiger partial charge in [0.25, 0.3) is 5.91 Å². The third-order valence-electron chi connectivity index (χ3n) is 8.22. The van der Waals surface area contributed by atoms with Crippen LogP contribution in [-0.2, 0) is 13.0 Å². The predicted octanol–water partition coefficient (Wildman–Crippen LogP) is 6.38. The monoisotopic (exact) mass is 555 g/mol. The third-order valence-corrected chi connectivity index (χ3v) is 8.22. The Bertz CT molecular complexity index is 1600. The lowest BCUT2D eigenvalue weighted by atomic mass is 9.97. The summed E-state index contributed by atoms with van der Waals surface area (Å²) in [5, 5.41) is 11.7. The Labute approximate surface area is 248 Å². The Morgan fingerprint density at radius 2 is 1.36 bits per heavy atom. The molecule has 1 aliphatic rings. The zero-order valence-electron chi connectivity index (χ0n) is 24.0. The molecule has 0 saturated carbocycles. The summed E-state index contributed by atoms with van der Waals surface area (Å²) in [6, 6.07) is 42.4. The molecule has 6 rings (SSSR count). The van der Waals surface area contributed by atoms with Crippen molar-refractivity contribution in [1.82, 2.24) is 14.4 Å². The maximum absolute atomic E-state index is 14.6. The average molecular weight is 556 g/mol. The molecule has 0 spiro atoms. The summed E-state index contributed by atoms with van der Waals surface area (Å²) < 4.78 is 2.17. The highest BCUT2D eigenvalue weighted by Crippen LogP contribution is 2.33. The molecule has 0 bridgehead atoms. The van der Waals surface area contributed by atoms with Crippen LogP contribution in [0.1, 0.15) is 27.2 Å². The third kappa shape index (κ3) is 5.94. The van der Waals surface area contributed by atoms with Gasteiger partial charge < -0.3 is 14.6 Å². The van der Waals surface area contributed by atoms with Crippen LogP contribution in [0.2, 0.25) is 0 Å². The molecule has 42 heavy (non-hydrogen) atoms. The van der Waals surface area contributed by atoms with Crippen molar-refractivity contribution in [2.24, 2.45) is 0 Å². The molecular formula is C37H37N3O2. The number of amides is 1. The molecule has 0 unspecified atom stereocenters. The summed E-state index contributed by atoms with van der Waals surface area (Å²) in [4.78, 5) is 18.9. The van der Waals surface area contributed by atoms with Gasteiger partial charge >= 0.3 is 0 Å². The molecule has 212 valence electrons. The standard InChI is InChI=1S/C37H37N3O2/c1-28-24-33(36(31-18-10-4-11-19-31)40(28)32-20-12-5-13-21-32)37(42)39-23-22-38(26-30-16-8-3-9-17-30)27-34(39)35(41)25-29-14-6-2-7-15-29/h2-21,24,34-35,41H,22-23,25-27H2,1H3/t34-,35+/m0/s1. The largest absolute Gasteiger partial charge is 0.391 e. The van der Waals surface area contributed by atoms with Crippen molar-refractivity contribution in [3.63, 3.8) is 0 Å². The van der Waals surface area contributed by atoms with Crippen LogP contribution < -0.4 is 0 Å². The normalized spacial score (nSPS) is 16.3. The Balaban J connectivity index is 1.37. The van der Waals surface area contributed by atoms with Crippen LogP contribution in [-0.4, -0.2) is 57.2 Å². The first kappa shape index (κ1) is 27.7. The van der Waals surface area contributed by atoms with Crippen LogP contribution >= 0.6 is 0 Å². The Morgan fingerprint density at radius 3 is 2.00 bits per heavy atom. The van der Waals surface area contributed by atoms with Crippen molar-refractivity contribution in [3.05, 3.63) is 150 Å². The topological polar surface area (TPSA) is 48.7 Å². The summed E-state index contributed by atoms with van der Waals surface area (Å²) in [6.45, 7) is 4.74. The number of carbonyl (C=O) groups is 1. The summed E-state index contributed by atoms with van der Waals surface area (Å²) >= 11 is 0. The van der Waals surface area contributed by atoms with E-state index in [1.165, 1.54) is 5.56 Å². The van der Waals surface area contributed by atoms with E-state index in [9.17, 15) is 9.90 Å². The van der Waals surface area contributed by atoms with E-state index in [0.717, 1.165) is 41.3 Å². The molecule has 1 aliphatic heterocycles. The Hall–Kier alpha value is -4.45. The minimum atomic E-state index is -0.701. The van der Waals surface area contributed by atoms with Gasteiger partial charge in [-0.05, 0) is 41.8 Å². The van der Waals surface area contributed by atoms with Crippen molar-refractivity contribution in [3.8, 4) is 16.9 Å². The lowest BCUT2D eigenvalue weighted by Gasteiger charge is -2.43. The molecule has 5 aromatic rings. The maximum atomic E-state index is 14.6. The van der Waals surface area contributed by atoms with Gasteiger partial charge in [-0.2, -0.15) is 0 Å². The Morgan fingerprint density at radius 1 is 0.786 bits per heavy atom. The number of piperazine rings is 1. The van der Waals surface area contributed by atoms with E-state index >= 15 is 0 Å². The zero-order chi connectivity index (χ0) is 28.9. The van der Waals surface area contributed by atoms with Gasteiger partial charge in [-0.15, -0.1) is 0 Å². The SMILES string of the molecule is Cc1cc(C(=O)N2CCN(Cc3ccccc3)C[C@H]2[C@H](O)Cc2ccccc2)c(-c2ccccc2)n1-c1ccccc1. The number of aryl methyl sites for hydroxylation is 1. The number of hydrogen-bond acceptors (Lipinski definition) is 3. The molecule has 1 N–H and O–H groups in total. The fourth-order valence-corrected chi connectivity index (χ4v) is 6.17. The minimum Gasteiger partial charge on any atom is -0.391 e. The molecule has 1 saturated heterocycles. The molecule has 5 heteroatoms. The van der Waals surface area contributed by atoms with Gasteiger partial charge in [-0.25, -0.2) is 0 Å². The van der Waals surface area contributed by atoms with Crippen LogP contribution in [0.4, 0.5) is 0 Å². The van der Waals surface area contributed by atoms with Gasteiger partial charge in [0, 0.05) is 44.0 Å². The Kier molecular flexibility index (Phi) is 8.31. The quantitative estimate of drug-likeness (QED) is 0.242. The number of aliphatic hydroxyl groups excluding tert-OH is 1. The first-order valence-electron chi connectivity index (χ1n) is 14.7. The maximum Gasteiger partial charge on any atom is 0.256 e. The lowest BCUT2D eigenvalue weighted by molar-refractivity contribution is -0.00282. The molecule has 4 aromatic carbocycles. The van der Waals surface area contributed by atoms with E-state index in [4.69, 9.17) is 0 Å². The van der Waals surface area contributed by atoms with Gasteiger partial charge in [0.2, 0.25) is 0 Å². The van der Waals surface area contributed by atoms with Gasteiger partial charge in [0.1, 0.15) is 0 Å². The van der Waals surface area contributed by atoms with Crippen LogP contribution in [0.5, 0.6) is 0 Å². The number of nitrogens with zero attached hydrogens (tertiary/aromatic N) is 3. The van der Waals surface area contributed by atoms with Crippen LogP contribution in [0.15, 0.2) is 127 Å². The number of rotatable bonds is 8. The number of para-hydroxylation sites is 1. The highest BCUT2D eigenvalue weighted by atomic mass is 16.3. The van der Waals surface area contributed by atoms with E-state index in [1.54, 1.807) is 0 Å². The zero-order valence-corrected chi connectivity index (χ0v) is 24.0. The smallest absolute Gasteiger partial charge is 0.256 e. The average Bonchev–Trinajstić information content (AvgIpc) is 3.39. The number of benzene rings is 4. The fourth-order valence-electron chi connectivity index (χ4n) is 6.17. The van der Waals surface area contributed by atoms with Crippen molar-refractivity contribution in [2.75, 3.05) is 19.6 Å². The number of carbonyl (C=O) groups excluding carboxylic acids is 1. The van der Waals surface area contributed by atoms with Crippen molar-refractivity contribution in [1.29, 1.82) is 0 Å². The van der Waals surface area contributed by atoms with Gasteiger partial charge in [0.15, 0.2) is 0 Å². The molecule has 2 heterocycles. The van der Waals surface area contributed by atoms with Crippen LogP contribution in [0.3, 0.4) is 0 Å². The second kappa shape index (κ2) is 12.6. The molecule has 1 fully saturated rings. The van der Waals surface area contributed by atoms with E-state index in [0.29, 0.717) is 25.1 Å². The molecule has 1 amide bonds.